The number of rotatable bonds is 8. The maximum atomic E-state index is 12.7. The molecule has 0 aliphatic rings. The van der Waals surface area contributed by atoms with Crippen molar-refractivity contribution in [3.63, 3.8) is 0 Å². The van der Waals surface area contributed by atoms with Gasteiger partial charge >= 0.3 is 0 Å². The van der Waals surface area contributed by atoms with Gasteiger partial charge < -0.3 is 14.4 Å². The Bertz CT molecular complexity index is 943. The molecule has 2 rings (SSSR count). The second kappa shape index (κ2) is 8.97. The zero-order valence-corrected chi connectivity index (χ0v) is 17.6. The van der Waals surface area contributed by atoms with Crippen molar-refractivity contribution in [3.05, 3.63) is 53.6 Å². The van der Waals surface area contributed by atoms with Crippen LogP contribution in [0.5, 0.6) is 11.5 Å². The molecule has 0 saturated heterocycles. The minimum atomic E-state index is -3.61. The fraction of sp³-hybridized carbons (Fsp3) is 0.350. The van der Waals surface area contributed by atoms with Gasteiger partial charge in [-0.05, 0) is 36.2 Å². The first kappa shape index (κ1) is 21.6. The lowest BCUT2D eigenvalue weighted by atomic mass is 10.2. The SMILES string of the molecule is COc1ccc(CN(C)C(=O)CN(c2ccccc2C)S(C)(=O)=O)cc1OC. The summed E-state index contributed by atoms with van der Waals surface area (Å²) in [6.07, 6.45) is 1.10. The maximum absolute atomic E-state index is 12.7. The first-order chi connectivity index (χ1) is 13.2. The quantitative estimate of drug-likeness (QED) is 0.673. The molecule has 0 aliphatic heterocycles. The molecule has 152 valence electrons. The van der Waals surface area contributed by atoms with Gasteiger partial charge in [0.1, 0.15) is 6.54 Å². The van der Waals surface area contributed by atoms with E-state index in [1.807, 2.05) is 25.1 Å². The first-order valence-electron chi connectivity index (χ1n) is 8.65. The number of nitrogens with zero attached hydrogens (tertiary/aromatic N) is 2. The Labute approximate surface area is 166 Å². The number of para-hydroxylation sites is 1. The monoisotopic (exact) mass is 406 g/mol. The van der Waals surface area contributed by atoms with Crippen LogP contribution in [0, 0.1) is 6.92 Å². The van der Waals surface area contributed by atoms with E-state index in [2.05, 4.69) is 0 Å². The van der Waals surface area contributed by atoms with Gasteiger partial charge in [-0.25, -0.2) is 8.42 Å². The fourth-order valence-corrected chi connectivity index (χ4v) is 3.72. The highest BCUT2D eigenvalue weighted by Crippen LogP contribution is 2.28. The molecule has 2 aromatic carbocycles. The van der Waals surface area contributed by atoms with E-state index in [-0.39, 0.29) is 12.5 Å². The molecular weight excluding hydrogens is 380 g/mol. The van der Waals surface area contributed by atoms with E-state index in [4.69, 9.17) is 9.47 Å². The molecule has 28 heavy (non-hydrogen) atoms. The fourth-order valence-electron chi connectivity index (χ4n) is 2.81. The summed E-state index contributed by atoms with van der Waals surface area (Å²) in [6.45, 7) is 1.85. The molecule has 0 heterocycles. The Morgan fingerprint density at radius 2 is 1.68 bits per heavy atom. The van der Waals surface area contributed by atoms with Crippen molar-refractivity contribution >= 4 is 21.6 Å². The molecule has 0 N–H and O–H groups in total. The zero-order chi connectivity index (χ0) is 20.9. The van der Waals surface area contributed by atoms with E-state index in [0.717, 1.165) is 21.7 Å². The van der Waals surface area contributed by atoms with Crippen molar-refractivity contribution < 1.29 is 22.7 Å². The topological polar surface area (TPSA) is 76.2 Å². The van der Waals surface area contributed by atoms with Gasteiger partial charge in [-0.2, -0.15) is 0 Å². The smallest absolute Gasteiger partial charge is 0.243 e. The van der Waals surface area contributed by atoms with Gasteiger partial charge in [0.05, 0.1) is 26.2 Å². The van der Waals surface area contributed by atoms with Gasteiger partial charge in [-0.1, -0.05) is 24.3 Å². The van der Waals surface area contributed by atoms with Crippen molar-refractivity contribution in [2.45, 2.75) is 13.5 Å². The van der Waals surface area contributed by atoms with Crippen molar-refractivity contribution in [2.75, 3.05) is 38.4 Å². The lowest BCUT2D eigenvalue weighted by molar-refractivity contribution is -0.128. The van der Waals surface area contributed by atoms with E-state index in [1.165, 1.54) is 4.90 Å². The van der Waals surface area contributed by atoms with Gasteiger partial charge in [0.2, 0.25) is 15.9 Å². The van der Waals surface area contributed by atoms with Crippen molar-refractivity contribution in [2.24, 2.45) is 0 Å². The summed E-state index contributed by atoms with van der Waals surface area (Å²) < 4.78 is 36.2. The average Bonchev–Trinajstić information content (AvgIpc) is 2.65. The van der Waals surface area contributed by atoms with E-state index < -0.39 is 10.0 Å². The molecule has 8 heteroatoms. The van der Waals surface area contributed by atoms with Crippen LogP contribution in [0.1, 0.15) is 11.1 Å². The van der Waals surface area contributed by atoms with Gasteiger partial charge in [-0.3, -0.25) is 9.10 Å². The average molecular weight is 407 g/mol. The third kappa shape index (κ3) is 5.16. The molecule has 0 unspecified atom stereocenters. The number of carbonyl (C=O) groups is 1. The number of amides is 1. The second-order valence-corrected chi connectivity index (χ2v) is 8.40. The molecule has 7 nitrogen and oxygen atoms in total. The number of ether oxygens (including phenoxy) is 2. The van der Waals surface area contributed by atoms with Crippen LogP contribution in [0.25, 0.3) is 0 Å². The summed E-state index contributed by atoms with van der Waals surface area (Å²) in [5, 5.41) is 0. The van der Waals surface area contributed by atoms with Crippen LogP contribution in [-0.4, -0.2) is 53.3 Å². The number of hydrogen-bond donors (Lipinski definition) is 0. The molecule has 0 bridgehead atoms. The van der Waals surface area contributed by atoms with Crippen LogP contribution in [0.15, 0.2) is 42.5 Å². The largest absolute Gasteiger partial charge is 0.493 e. The lowest BCUT2D eigenvalue weighted by Gasteiger charge is -2.26. The van der Waals surface area contributed by atoms with Gasteiger partial charge in [0.25, 0.3) is 0 Å². The standard InChI is InChI=1S/C20H26N2O5S/c1-15-8-6-7-9-17(15)22(28(5,24)25)14-20(23)21(2)13-16-10-11-18(26-3)19(12-16)27-4/h6-12H,13-14H2,1-5H3. The van der Waals surface area contributed by atoms with Gasteiger partial charge in [-0.15, -0.1) is 0 Å². The molecule has 0 radical (unpaired) electrons. The van der Waals surface area contributed by atoms with Crippen LogP contribution in [0.4, 0.5) is 5.69 Å². The minimum absolute atomic E-state index is 0.270. The highest BCUT2D eigenvalue weighted by Gasteiger charge is 2.24. The summed E-state index contributed by atoms with van der Waals surface area (Å²) in [5.41, 5.74) is 2.12. The number of carbonyl (C=O) groups excluding carboxylic acids is 1. The van der Waals surface area contributed by atoms with Crippen LogP contribution < -0.4 is 13.8 Å². The van der Waals surface area contributed by atoms with Crippen LogP contribution in [-0.2, 0) is 21.4 Å². The Kier molecular flexibility index (Phi) is 6.90. The predicted octanol–water partition coefficient (Wildman–Crippen LogP) is 2.44. The summed E-state index contributed by atoms with van der Waals surface area (Å²) >= 11 is 0. The zero-order valence-electron chi connectivity index (χ0n) is 16.8. The van der Waals surface area contributed by atoms with Gasteiger partial charge in [0.15, 0.2) is 11.5 Å². The third-order valence-electron chi connectivity index (χ3n) is 4.36. The molecule has 0 saturated carbocycles. The number of likely N-dealkylation sites (N-methyl/N-ethyl adjacent to an activating group) is 1. The number of hydrogen-bond acceptors (Lipinski definition) is 5. The summed E-state index contributed by atoms with van der Waals surface area (Å²) in [4.78, 5) is 14.2. The van der Waals surface area contributed by atoms with Gasteiger partial charge in [0, 0.05) is 13.6 Å². The molecule has 1 amide bonds. The second-order valence-electron chi connectivity index (χ2n) is 6.50. The van der Waals surface area contributed by atoms with Crippen molar-refractivity contribution in [1.29, 1.82) is 0 Å². The molecule has 0 atom stereocenters. The third-order valence-corrected chi connectivity index (χ3v) is 5.48. The predicted molar refractivity (Wildman–Crippen MR) is 109 cm³/mol. The Balaban J connectivity index is 2.19. The number of benzene rings is 2. The summed E-state index contributed by atoms with van der Waals surface area (Å²) in [6, 6.07) is 12.5. The highest BCUT2D eigenvalue weighted by atomic mass is 32.2. The molecule has 2 aromatic rings. The molecule has 0 fully saturated rings. The molecule has 0 aliphatic carbocycles. The highest BCUT2D eigenvalue weighted by molar-refractivity contribution is 7.92. The number of sulfonamides is 1. The van der Waals surface area contributed by atoms with Crippen LogP contribution >= 0.6 is 0 Å². The van der Waals surface area contributed by atoms with Crippen molar-refractivity contribution in [3.8, 4) is 11.5 Å². The molecule has 0 aromatic heterocycles. The summed E-state index contributed by atoms with van der Waals surface area (Å²) in [7, 11) is 1.12. The number of anilines is 1. The van der Waals surface area contributed by atoms with E-state index in [1.54, 1.807) is 45.5 Å². The first-order valence-corrected chi connectivity index (χ1v) is 10.5. The molecule has 0 spiro atoms. The van der Waals surface area contributed by atoms with Crippen LogP contribution in [0.2, 0.25) is 0 Å². The summed E-state index contributed by atoms with van der Waals surface area (Å²) in [5.74, 6) is 0.852. The maximum Gasteiger partial charge on any atom is 0.243 e. The Morgan fingerprint density at radius 1 is 1.04 bits per heavy atom. The van der Waals surface area contributed by atoms with Crippen molar-refractivity contribution in [1.82, 2.24) is 4.90 Å². The van der Waals surface area contributed by atoms with E-state index in [0.29, 0.717) is 23.7 Å². The van der Waals surface area contributed by atoms with E-state index >= 15 is 0 Å². The van der Waals surface area contributed by atoms with E-state index in [9.17, 15) is 13.2 Å². The Hall–Kier alpha value is -2.74. The molecular formula is C20H26N2O5S. The normalized spacial score (nSPS) is 11.0. The Morgan fingerprint density at radius 3 is 2.25 bits per heavy atom. The van der Waals surface area contributed by atoms with Crippen LogP contribution in [0.3, 0.4) is 0 Å². The minimum Gasteiger partial charge on any atom is -0.493 e. The number of aryl methyl sites for hydroxylation is 1. The number of methoxy groups -OCH3 is 2. The lowest BCUT2D eigenvalue weighted by Crippen LogP contribution is -2.41.